The van der Waals surface area contributed by atoms with Crippen LogP contribution in [0.15, 0.2) is 42.6 Å². The molecule has 3 amide bonds. The Morgan fingerprint density at radius 1 is 1.29 bits per heavy atom. The molecule has 2 heterocycles. The Kier molecular flexibility index (Phi) is 6.22. The molecular weight excluding hydrogens is 445 g/mol. The number of anilines is 3. The number of carbonyl (C=O) groups excluding carboxylic acids is 3. The van der Waals surface area contributed by atoms with Crippen LogP contribution in [0.1, 0.15) is 10.4 Å². The molecule has 2 atom stereocenters. The van der Waals surface area contributed by atoms with Gasteiger partial charge in [0.2, 0.25) is 0 Å². The van der Waals surface area contributed by atoms with E-state index in [1.165, 1.54) is 36.0 Å². The first kappa shape index (κ1) is 23.2. The first-order valence-corrected chi connectivity index (χ1v) is 10.5. The van der Waals surface area contributed by atoms with Crippen LogP contribution in [0.5, 0.6) is 0 Å². The average molecular weight is 469 g/mol. The molecule has 10 nitrogen and oxygen atoms in total. The molecule has 1 aliphatic heterocycles. The second kappa shape index (κ2) is 9.12. The van der Waals surface area contributed by atoms with Gasteiger partial charge in [-0.2, -0.15) is 0 Å². The summed E-state index contributed by atoms with van der Waals surface area (Å²) in [7, 11) is 2.98. The van der Waals surface area contributed by atoms with E-state index in [1.807, 2.05) is 0 Å². The largest absolute Gasteiger partial charge is 0.385 e. The van der Waals surface area contributed by atoms with Gasteiger partial charge >= 0.3 is 0 Å². The number of nitrogen functional groups attached to an aromatic ring is 1. The van der Waals surface area contributed by atoms with E-state index < -0.39 is 35.7 Å². The van der Waals surface area contributed by atoms with Gasteiger partial charge in [0.05, 0.1) is 12.2 Å². The number of morpholine rings is 1. The van der Waals surface area contributed by atoms with Gasteiger partial charge in [-0.15, -0.1) is 0 Å². The summed E-state index contributed by atoms with van der Waals surface area (Å²) >= 11 is 0. The monoisotopic (exact) mass is 469 g/mol. The highest BCUT2D eigenvalue weighted by molar-refractivity contribution is 6.05. The summed E-state index contributed by atoms with van der Waals surface area (Å²) in [5, 5.41) is 14.7. The van der Waals surface area contributed by atoms with Gasteiger partial charge in [-0.25, -0.2) is 4.39 Å². The Bertz CT molecular complexity index is 1270. The number of halogens is 1. The van der Waals surface area contributed by atoms with Crippen molar-refractivity contribution in [3.63, 3.8) is 0 Å². The van der Waals surface area contributed by atoms with Gasteiger partial charge < -0.3 is 35.7 Å². The van der Waals surface area contributed by atoms with Crippen molar-refractivity contribution in [2.75, 3.05) is 43.2 Å². The fourth-order valence-corrected chi connectivity index (χ4v) is 3.77. The molecular formula is C23H24FN5O5. The Morgan fingerprint density at radius 2 is 2.06 bits per heavy atom. The summed E-state index contributed by atoms with van der Waals surface area (Å²) in [6.45, 7) is 0.139. The van der Waals surface area contributed by atoms with Crippen molar-refractivity contribution in [2.24, 2.45) is 0 Å². The number of hydrogen-bond donors (Lipinski definition) is 4. The SMILES string of the molecule is CN(C)C(=O)c1cc(N2CCO[C@H]([C@@H](O)C(=O)Nc3ccc4c(N)[nH]cc4c3)C2=O)ccc1F. The Hall–Kier alpha value is -3.96. The predicted octanol–water partition coefficient (Wildman–Crippen LogP) is 1.32. The Morgan fingerprint density at radius 3 is 2.79 bits per heavy atom. The lowest BCUT2D eigenvalue weighted by molar-refractivity contribution is -0.150. The quantitative estimate of drug-likeness (QED) is 0.444. The maximum Gasteiger partial charge on any atom is 0.259 e. The number of nitrogens with zero attached hydrogens (tertiary/aromatic N) is 2. The third-order valence-electron chi connectivity index (χ3n) is 5.57. The summed E-state index contributed by atoms with van der Waals surface area (Å²) in [6, 6.07) is 8.72. The number of aromatic amines is 1. The summed E-state index contributed by atoms with van der Waals surface area (Å²) in [5.41, 5.74) is 6.28. The molecule has 1 aromatic heterocycles. The van der Waals surface area contributed by atoms with Crippen LogP contribution in [0.25, 0.3) is 10.8 Å². The van der Waals surface area contributed by atoms with E-state index in [4.69, 9.17) is 10.5 Å². The maximum atomic E-state index is 14.2. The maximum absolute atomic E-state index is 14.2. The number of aromatic nitrogens is 1. The first-order valence-electron chi connectivity index (χ1n) is 10.5. The summed E-state index contributed by atoms with van der Waals surface area (Å²) in [4.78, 5) is 43.3. The van der Waals surface area contributed by atoms with Crippen molar-refractivity contribution >= 4 is 45.7 Å². The molecule has 0 unspecified atom stereocenters. The van der Waals surface area contributed by atoms with Crippen LogP contribution in [0.2, 0.25) is 0 Å². The van der Waals surface area contributed by atoms with Crippen molar-refractivity contribution < 1.29 is 28.6 Å². The van der Waals surface area contributed by atoms with Crippen LogP contribution in [0.4, 0.5) is 21.6 Å². The zero-order chi connectivity index (χ0) is 24.6. The van der Waals surface area contributed by atoms with Gasteiger partial charge in [-0.1, -0.05) is 0 Å². The molecule has 178 valence electrons. The molecule has 2 aromatic carbocycles. The van der Waals surface area contributed by atoms with Crippen LogP contribution in [0, 0.1) is 5.82 Å². The molecule has 0 bridgehead atoms. The van der Waals surface area contributed by atoms with Gasteiger partial charge in [0.1, 0.15) is 11.6 Å². The molecule has 1 fully saturated rings. The minimum Gasteiger partial charge on any atom is -0.385 e. The number of carbonyl (C=O) groups is 3. The number of ether oxygens (including phenoxy) is 1. The normalized spacial score (nSPS) is 17.0. The summed E-state index contributed by atoms with van der Waals surface area (Å²) < 4.78 is 19.6. The molecule has 34 heavy (non-hydrogen) atoms. The Balaban J connectivity index is 1.51. The van der Waals surface area contributed by atoms with Crippen LogP contribution < -0.4 is 16.0 Å². The van der Waals surface area contributed by atoms with Crippen molar-refractivity contribution in [1.82, 2.24) is 9.88 Å². The number of rotatable bonds is 5. The number of nitrogens with one attached hydrogen (secondary N) is 2. The number of hydrogen-bond acceptors (Lipinski definition) is 6. The highest BCUT2D eigenvalue weighted by atomic mass is 19.1. The van der Waals surface area contributed by atoms with Gasteiger partial charge in [0.25, 0.3) is 17.7 Å². The molecule has 4 rings (SSSR count). The number of amides is 3. The summed E-state index contributed by atoms with van der Waals surface area (Å²) in [5.74, 6) is -2.30. The number of H-pyrrole nitrogens is 1. The smallest absolute Gasteiger partial charge is 0.259 e. The van der Waals surface area contributed by atoms with Crippen molar-refractivity contribution in [1.29, 1.82) is 0 Å². The molecule has 0 saturated carbocycles. The van der Waals surface area contributed by atoms with E-state index in [0.717, 1.165) is 16.8 Å². The standard InChI is InChI=1S/C23H24FN5O5/c1-28(2)22(32)16-10-14(4-6-17(16)24)29-7-8-34-19(23(29)33)18(30)21(31)27-13-3-5-15-12(9-13)11-26-20(15)25/h3-6,9-11,18-19,26,30H,7-8,25H2,1-2H3,(H,27,31)/t18-,19-/m1/s1. The molecule has 0 spiro atoms. The van der Waals surface area contributed by atoms with E-state index in [2.05, 4.69) is 10.3 Å². The fraction of sp³-hybridized carbons (Fsp3) is 0.261. The average Bonchev–Trinajstić information content (AvgIpc) is 3.18. The minimum atomic E-state index is -1.80. The lowest BCUT2D eigenvalue weighted by Gasteiger charge is -2.34. The zero-order valence-electron chi connectivity index (χ0n) is 18.5. The lowest BCUT2D eigenvalue weighted by Crippen LogP contribution is -2.55. The van der Waals surface area contributed by atoms with Crippen molar-refractivity contribution in [3.8, 4) is 0 Å². The van der Waals surface area contributed by atoms with E-state index in [1.54, 1.807) is 24.4 Å². The van der Waals surface area contributed by atoms with Crippen LogP contribution in [-0.2, 0) is 14.3 Å². The third-order valence-corrected chi connectivity index (χ3v) is 5.57. The molecule has 1 aliphatic rings. The number of benzene rings is 2. The molecule has 0 radical (unpaired) electrons. The van der Waals surface area contributed by atoms with Gasteiger partial charge in [-0.3, -0.25) is 14.4 Å². The molecule has 0 aliphatic carbocycles. The van der Waals surface area contributed by atoms with E-state index in [0.29, 0.717) is 11.5 Å². The molecule has 5 N–H and O–H groups in total. The molecule has 3 aromatic rings. The highest BCUT2D eigenvalue weighted by Crippen LogP contribution is 2.26. The zero-order valence-corrected chi connectivity index (χ0v) is 18.5. The minimum absolute atomic E-state index is 0.0314. The van der Waals surface area contributed by atoms with E-state index in [9.17, 15) is 23.9 Å². The first-order chi connectivity index (χ1) is 16.2. The van der Waals surface area contributed by atoms with Gasteiger partial charge in [0.15, 0.2) is 12.2 Å². The van der Waals surface area contributed by atoms with Crippen molar-refractivity contribution in [2.45, 2.75) is 12.2 Å². The topological polar surface area (TPSA) is 141 Å². The number of aliphatic hydroxyl groups is 1. The lowest BCUT2D eigenvalue weighted by atomic mass is 10.1. The second-order valence-corrected chi connectivity index (χ2v) is 8.08. The van der Waals surface area contributed by atoms with Crippen LogP contribution in [0.3, 0.4) is 0 Å². The number of fused-ring (bicyclic) bond motifs is 1. The van der Waals surface area contributed by atoms with Crippen molar-refractivity contribution in [3.05, 3.63) is 54.0 Å². The second-order valence-electron chi connectivity index (χ2n) is 8.08. The van der Waals surface area contributed by atoms with E-state index in [-0.39, 0.29) is 24.4 Å². The van der Waals surface area contributed by atoms with Gasteiger partial charge in [0, 0.05) is 49.0 Å². The number of aliphatic hydroxyl groups excluding tert-OH is 1. The molecule has 11 heteroatoms. The Labute approximate surface area is 194 Å². The predicted molar refractivity (Wildman–Crippen MR) is 124 cm³/mol. The van der Waals surface area contributed by atoms with Crippen LogP contribution >= 0.6 is 0 Å². The van der Waals surface area contributed by atoms with E-state index >= 15 is 0 Å². The molecule has 1 saturated heterocycles. The summed E-state index contributed by atoms with van der Waals surface area (Å²) in [6.07, 6.45) is -1.59. The highest BCUT2D eigenvalue weighted by Gasteiger charge is 2.39. The number of nitrogens with two attached hydrogens (primary N) is 1. The van der Waals surface area contributed by atoms with Gasteiger partial charge in [-0.05, 0) is 36.4 Å². The third kappa shape index (κ3) is 4.30. The fourth-order valence-electron chi connectivity index (χ4n) is 3.77. The van der Waals surface area contributed by atoms with Crippen LogP contribution in [-0.4, -0.2) is 72.2 Å².